The number of hydrogen-bond acceptors (Lipinski definition) is 3. The maximum Gasteiger partial charge on any atom is 0.207 e. The van der Waals surface area contributed by atoms with Gasteiger partial charge in [0.1, 0.15) is 0 Å². The van der Waals surface area contributed by atoms with Gasteiger partial charge in [-0.05, 0) is 25.1 Å². The Labute approximate surface area is 115 Å². The molecule has 1 aromatic heterocycles. The van der Waals surface area contributed by atoms with Crippen LogP contribution in [0.3, 0.4) is 0 Å². The third kappa shape index (κ3) is 3.11. The molecule has 0 aliphatic heterocycles. The molecule has 2 aromatic rings. The molecule has 0 saturated heterocycles. The summed E-state index contributed by atoms with van der Waals surface area (Å²) in [4.78, 5) is 4.47. The topological polar surface area (TPSA) is 39.1 Å². The number of hydrogen-bond donors (Lipinski definition) is 1. The van der Waals surface area contributed by atoms with Gasteiger partial charge in [-0.25, -0.2) is 4.98 Å². The molecule has 0 atom stereocenters. The Balaban J connectivity index is 2.26. The lowest BCUT2D eigenvalue weighted by molar-refractivity contribution is 0.210. The number of aryl methyl sites for hydroxylation is 1. The molecule has 0 fully saturated rings. The van der Waals surface area contributed by atoms with Gasteiger partial charge in [-0.2, -0.15) is 0 Å². The number of anilines is 1. The van der Waals surface area contributed by atoms with Gasteiger partial charge in [0.25, 0.3) is 0 Å². The summed E-state index contributed by atoms with van der Waals surface area (Å²) in [5.74, 6) is 0.836. The van der Waals surface area contributed by atoms with Gasteiger partial charge in [-0.1, -0.05) is 22.0 Å². The number of aromatic nitrogens is 2. The SMILES string of the molecule is COCCNc1nc(C)cn1-c1cccc(Br)c1. The number of imidazole rings is 1. The second-order valence-corrected chi connectivity index (χ2v) is 4.89. The maximum atomic E-state index is 5.03. The van der Waals surface area contributed by atoms with Crippen LogP contribution < -0.4 is 5.32 Å². The highest BCUT2D eigenvalue weighted by molar-refractivity contribution is 9.10. The van der Waals surface area contributed by atoms with Gasteiger partial charge in [0.2, 0.25) is 5.95 Å². The number of benzene rings is 1. The molecule has 5 heteroatoms. The summed E-state index contributed by atoms with van der Waals surface area (Å²) in [7, 11) is 1.69. The van der Waals surface area contributed by atoms with Crippen LogP contribution in [0.15, 0.2) is 34.9 Å². The van der Waals surface area contributed by atoms with Crippen molar-refractivity contribution < 1.29 is 4.74 Å². The molecule has 1 aromatic carbocycles. The third-order valence-electron chi connectivity index (χ3n) is 2.50. The van der Waals surface area contributed by atoms with Crippen LogP contribution in [0, 0.1) is 6.92 Å². The lowest BCUT2D eigenvalue weighted by Crippen LogP contribution is -2.11. The van der Waals surface area contributed by atoms with Crippen LogP contribution in [-0.4, -0.2) is 29.8 Å². The summed E-state index contributed by atoms with van der Waals surface area (Å²) < 4.78 is 8.12. The van der Waals surface area contributed by atoms with E-state index in [0.717, 1.165) is 28.3 Å². The standard InChI is InChI=1S/C13H16BrN3O/c1-10-9-17(12-5-3-4-11(14)8-12)13(16-10)15-6-7-18-2/h3-5,8-9H,6-7H2,1-2H3,(H,15,16). The Morgan fingerprint density at radius 3 is 3.00 bits per heavy atom. The summed E-state index contributed by atoms with van der Waals surface area (Å²) in [6.45, 7) is 3.38. The van der Waals surface area contributed by atoms with E-state index >= 15 is 0 Å². The van der Waals surface area contributed by atoms with E-state index in [-0.39, 0.29) is 0 Å². The largest absolute Gasteiger partial charge is 0.383 e. The minimum Gasteiger partial charge on any atom is -0.383 e. The quantitative estimate of drug-likeness (QED) is 0.863. The molecular formula is C13H16BrN3O. The monoisotopic (exact) mass is 309 g/mol. The molecule has 0 saturated carbocycles. The molecule has 0 spiro atoms. The first-order valence-electron chi connectivity index (χ1n) is 5.75. The number of nitrogens with one attached hydrogen (secondary N) is 1. The van der Waals surface area contributed by atoms with Gasteiger partial charge >= 0.3 is 0 Å². The molecule has 0 radical (unpaired) electrons. The van der Waals surface area contributed by atoms with E-state index in [0.29, 0.717) is 6.61 Å². The van der Waals surface area contributed by atoms with Crippen molar-refractivity contribution in [2.45, 2.75) is 6.92 Å². The number of methoxy groups -OCH3 is 1. The first-order chi connectivity index (χ1) is 8.70. The molecule has 96 valence electrons. The van der Waals surface area contributed by atoms with Gasteiger partial charge in [0.15, 0.2) is 0 Å². The predicted molar refractivity (Wildman–Crippen MR) is 76.4 cm³/mol. The van der Waals surface area contributed by atoms with Gasteiger partial charge in [0.05, 0.1) is 12.3 Å². The van der Waals surface area contributed by atoms with Gasteiger partial charge < -0.3 is 10.1 Å². The predicted octanol–water partition coefficient (Wildman–Crippen LogP) is 3.00. The normalized spacial score (nSPS) is 10.6. The smallest absolute Gasteiger partial charge is 0.207 e. The zero-order chi connectivity index (χ0) is 13.0. The number of halogens is 1. The lowest BCUT2D eigenvalue weighted by atomic mass is 10.3. The molecule has 0 bridgehead atoms. The van der Waals surface area contributed by atoms with Crippen molar-refractivity contribution in [3.63, 3.8) is 0 Å². The van der Waals surface area contributed by atoms with E-state index in [1.165, 1.54) is 0 Å². The van der Waals surface area contributed by atoms with Crippen LogP contribution >= 0.6 is 15.9 Å². The second kappa shape index (κ2) is 6.02. The minimum atomic E-state index is 0.657. The van der Waals surface area contributed by atoms with E-state index in [9.17, 15) is 0 Å². The van der Waals surface area contributed by atoms with E-state index < -0.39 is 0 Å². The fourth-order valence-corrected chi connectivity index (χ4v) is 2.10. The molecular weight excluding hydrogens is 294 g/mol. The van der Waals surface area contributed by atoms with Gasteiger partial charge in [-0.15, -0.1) is 0 Å². The fraction of sp³-hybridized carbons (Fsp3) is 0.308. The van der Waals surface area contributed by atoms with Gasteiger partial charge in [-0.3, -0.25) is 4.57 Å². The summed E-state index contributed by atoms with van der Waals surface area (Å²) in [5.41, 5.74) is 2.06. The highest BCUT2D eigenvalue weighted by atomic mass is 79.9. The Bertz CT molecular complexity index is 525. The van der Waals surface area contributed by atoms with Crippen molar-refractivity contribution in [2.24, 2.45) is 0 Å². The Hall–Kier alpha value is -1.33. The highest BCUT2D eigenvalue weighted by Crippen LogP contribution is 2.20. The molecule has 0 amide bonds. The van der Waals surface area contributed by atoms with Crippen molar-refractivity contribution in [2.75, 3.05) is 25.6 Å². The molecule has 0 aliphatic carbocycles. The molecule has 1 N–H and O–H groups in total. The van der Waals surface area contributed by atoms with Gasteiger partial charge in [0, 0.05) is 30.0 Å². The van der Waals surface area contributed by atoms with Crippen molar-refractivity contribution in [3.8, 4) is 5.69 Å². The fourth-order valence-electron chi connectivity index (χ4n) is 1.71. The average Bonchev–Trinajstić information content (AvgIpc) is 2.71. The summed E-state index contributed by atoms with van der Waals surface area (Å²) >= 11 is 3.48. The van der Waals surface area contributed by atoms with E-state index in [1.54, 1.807) is 7.11 Å². The summed E-state index contributed by atoms with van der Waals surface area (Å²) in [6, 6.07) is 8.12. The van der Waals surface area contributed by atoms with E-state index in [1.807, 2.05) is 35.9 Å². The van der Waals surface area contributed by atoms with Crippen molar-refractivity contribution in [1.29, 1.82) is 0 Å². The third-order valence-corrected chi connectivity index (χ3v) is 3.00. The zero-order valence-electron chi connectivity index (χ0n) is 10.5. The molecule has 2 rings (SSSR count). The van der Waals surface area contributed by atoms with Crippen LogP contribution in [0.1, 0.15) is 5.69 Å². The number of ether oxygens (including phenoxy) is 1. The molecule has 0 aliphatic rings. The second-order valence-electron chi connectivity index (χ2n) is 3.98. The van der Waals surface area contributed by atoms with Crippen LogP contribution in [0.4, 0.5) is 5.95 Å². The molecule has 1 heterocycles. The summed E-state index contributed by atoms with van der Waals surface area (Å²) in [5, 5.41) is 3.26. The summed E-state index contributed by atoms with van der Waals surface area (Å²) in [6.07, 6.45) is 2.01. The molecule has 4 nitrogen and oxygen atoms in total. The van der Waals surface area contributed by atoms with Crippen molar-refractivity contribution in [3.05, 3.63) is 40.6 Å². The average molecular weight is 310 g/mol. The number of nitrogens with zero attached hydrogens (tertiary/aromatic N) is 2. The first-order valence-corrected chi connectivity index (χ1v) is 6.55. The highest BCUT2D eigenvalue weighted by Gasteiger charge is 2.07. The van der Waals surface area contributed by atoms with Crippen molar-refractivity contribution >= 4 is 21.9 Å². The lowest BCUT2D eigenvalue weighted by Gasteiger charge is -2.09. The van der Waals surface area contributed by atoms with Crippen LogP contribution in [0.5, 0.6) is 0 Å². The number of rotatable bonds is 5. The Kier molecular flexibility index (Phi) is 4.38. The maximum absolute atomic E-state index is 5.03. The van der Waals surface area contributed by atoms with E-state index in [2.05, 4.69) is 32.3 Å². The minimum absolute atomic E-state index is 0.657. The van der Waals surface area contributed by atoms with E-state index in [4.69, 9.17) is 4.74 Å². The van der Waals surface area contributed by atoms with Crippen LogP contribution in [-0.2, 0) is 4.74 Å². The first kappa shape index (κ1) is 13.1. The molecule has 18 heavy (non-hydrogen) atoms. The molecule has 0 unspecified atom stereocenters. The Morgan fingerprint density at radius 1 is 1.44 bits per heavy atom. The Morgan fingerprint density at radius 2 is 2.28 bits per heavy atom. The van der Waals surface area contributed by atoms with Crippen LogP contribution in [0.2, 0.25) is 0 Å². The zero-order valence-corrected chi connectivity index (χ0v) is 12.1. The van der Waals surface area contributed by atoms with Crippen molar-refractivity contribution in [1.82, 2.24) is 9.55 Å². The van der Waals surface area contributed by atoms with Crippen LogP contribution in [0.25, 0.3) is 5.69 Å².